The van der Waals surface area contributed by atoms with E-state index in [1.165, 1.54) is 45.2 Å². The van der Waals surface area contributed by atoms with Crippen molar-refractivity contribution in [3.05, 3.63) is 0 Å². The second-order valence-corrected chi connectivity index (χ2v) is 8.45. The highest BCUT2D eigenvalue weighted by molar-refractivity contribution is 5.80. The fraction of sp³-hybridized carbons (Fsp3) is 0.944. The highest BCUT2D eigenvalue weighted by Crippen LogP contribution is 2.45. The first-order chi connectivity index (χ1) is 10.4. The van der Waals surface area contributed by atoms with Crippen LogP contribution in [-0.2, 0) is 0 Å². The maximum absolute atomic E-state index is 4.98. The van der Waals surface area contributed by atoms with Crippen LogP contribution < -0.4 is 5.32 Å². The van der Waals surface area contributed by atoms with E-state index in [-0.39, 0.29) is 5.41 Å². The summed E-state index contributed by atoms with van der Waals surface area (Å²) in [6, 6.07) is 0. The Kier molecular flexibility index (Phi) is 5.76. The number of nitrogens with zero attached hydrogens (tertiary/aromatic N) is 3. The Morgan fingerprint density at radius 3 is 2.50 bits per heavy atom. The van der Waals surface area contributed by atoms with Crippen LogP contribution in [0.4, 0.5) is 0 Å². The summed E-state index contributed by atoms with van der Waals surface area (Å²) in [5.74, 6) is 1.14. The van der Waals surface area contributed by atoms with Gasteiger partial charge in [0.05, 0.1) is 0 Å². The van der Waals surface area contributed by atoms with Crippen molar-refractivity contribution in [2.75, 3.05) is 46.8 Å². The van der Waals surface area contributed by atoms with E-state index < -0.39 is 0 Å². The van der Waals surface area contributed by atoms with E-state index in [0.717, 1.165) is 25.6 Å². The molecule has 22 heavy (non-hydrogen) atoms. The lowest BCUT2D eigenvalue weighted by atomic mass is 9.86. The molecule has 2 aliphatic rings. The van der Waals surface area contributed by atoms with Crippen LogP contribution >= 0.6 is 0 Å². The SMILES string of the molecule is CCNC(=NCC(C)(C)CN(C)C)N1CCC2(CCCC2)C1. The third kappa shape index (κ3) is 4.61. The van der Waals surface area contributed by atoms with Gasteiger partial charge in [0.15, 0.2) is 5.96 Å². The van der Waals surface area contributed by atoms with Crippen LogP contribution in [0.2, 0.25) is 0 Å². The third-order valence-corrected chi connectivity index (χ3v) is 5.14. The molecular weight excluding hydrogens is 272 g/mol. The first-order valence-corrected chi connectivity index (χ1v) is 9.04. The highest BCUT2D eigenvalue weighted by Gasteiger charge is 2.41. The monoisotopic (exact) mass is 308 g/mol. The van der Waals surface area contributed by atoms with E-state index in [2.05, 4.69) is 50.0 Å². The maximum atomic E-state index is 4.98. The zero-order valence-electron chi connectivity index (χ0n) is 15.4. The zero-order valence-corrected chi connectivity index (χ0v) is 15.4. The summed E-state index contributed by atoms with van der Waals surface area (Å²) in [6.45, 7) is 12.1. The number of hydrogen-bond acceptors (Lipinski definition) is 2. The molecule has 0 aromatic carbocycles. The van der Waals surface area contributed by atoms with Gasteiger partial charge < -0.3 is 15.1 Å². The van der Waals surface area contributed by atoms with Crippen molar-refractivity contribution >= 4 is 5.96 Å². The van der Waals surface area contributed by atoms with Crippen molar-refractivity contribution in [1.29, 1.82) is 0 Å². The van der Waals surface area contributed by atoms with Gasteiger partial charge in [-0.3, -0.25) is 4.99 Å². The van der Waals surface area contributed by atoms with Crippen LogP contribution in [0.3, 0.4) is 0 Å². The molecule has 1 spiro atoms. The lowest BCUT2D eigenvalue weighted by Crippen LogP contribution is -2.42. The lowest BCUT2D eigenvalue weighted by Gasteiger charge is -2.29. The molecule has 128 valence electrons. The van der Waals surface area contributed by atoms with Gasteiger partial charge in [0.1, 0.15) is 0 Å². The van der Waals surface area contributed by atoms with Crippen molar-refractivity contribution < 1.29 is 0 Å². The van der Waals surface area contributed by atoms with Gasteiger partial charge in [0, 0.05) is 32.7 Å². The average Bonchev–Trinajstić information content (AvgIpc) is 3.04. The van der Waals surface area contributed by atoms with Gasteiger partial charge >= 0.3 is 0 Å². The van der Waals surface area contributed by atoms with Crippen LogP contribution in [0.5, 0.6) is 0 Å². The molecule has 2 rings (SSSR count). The fourth-order valence-electron chi connectivity index (χ4n) is 4.27. The lowest BCUT2D eigenvalue weighted by molar-refractivity contribution is 0.247. The molecule has 1 saturated carbocycles. The summed E-state index contributed by atoms with van der Waals surface area (Å²) in [5.41, 5.74) is 0.824. The summed E-state index contributed by atoms with van der Waals surface area (Å²) >= 11 is 0. The van der Waals surface area contributed by atoms with Gasteiger partial charge in [-0.1, -0.05) is 26.7 Å². The molecule has 1 heterocycles. The Hall–Kier alpha value is -0.770. The normalized spacial score (nSPS) is 22.1. The molecule has 0 aromatic rings. The Balaban J connectivity index is 1.98. The number of aliphatic imine (C=N–C) groups is 1. The van der Waals surface area contributed by atoms with Crippen LogP contribution in [0, 0.1) is 10.8 Å². The second-order valence-electron chi connectivity index (χ2n) is 8.45. The fourth-order valence-corrected chi connectivity index (χ4v) is 4.27. The smallest absolute Gasteiger partial charge is 0.193 e. The quantitative estimate of drug-likeness (QED) is 0.626. The van der Waals surface area contributed by atoms with Crippen molar-refractivity contribution in [2.45, 2.75) is 52.9 Å². The molecule has 1 aliphatic heterocycles. The van der Waals surface area contributed by atoms with Gasteiger partial charge in [-0.15, -0.1) is 0 Å². The molecule has 0 unspecified atom stereocenters. The van der Waals surface area contributed by atoms with Crippen LogP contribution in [-0.4, -0.2) is 62.6 Å². The first-order valence-electron chi connectivity index (χ1n) is 9.04. The summed E-state index contributed by atoms with van der Waals surface area (Å²) in [5, 5.41) is 3.52. The molecule has 1 aliphatic carbocycles. The van der Waals surface area contributed by atoms with Crippen LogP contribution in [0.25, 0.3) is 0 Å². The Labute approximate surface area is 137 Å². The molecule has 0 bridgehead atoms. The minimum Gasteiger partial charge on any atom is -0.357 e. The number of rotatable bonds is 5. The second kappa shape index (κ2) is 7.20. The molecule has 1 N–H and O–H groups in total. The van der Waals surface area contributed by atoms with Gasteiger partial charge in [0.2, 0.25) is 0 Å². The van der Waals surface area contributed by atoms with Gasteiger partial charge in [0.25, 0.3) is 0 Å². The molecule has 4 heteroatoms. The molecule has 0 radical (unpaired) electrons. The van der Waals surface area contributed by atoms with Crippen LogP contribution in [0.15, 0.2) is 4.99 Å². The number of likely N-dealkylation sites (tertiary alicyclic amines) is 1. The molecule has 0 amide bonds. The Morgan fingerprint density at radius 2 is 1.91 bits per heavy atom. The standard InChI is InChI=1S/C18H36N4/c1-6-19-16(20-13-17(2,3)14-21(4)5)22-12-11-18(15-22)9-7-8-10-18/h6-15H2,1-5H3,(H,19,20). The summed E-state index contributed by atoms with van der Waals surface area (Å²) in [7, 11) is 4.28. The van der Waals surface area contributed by atoms with E-state index >= 15 is 0 Å². The largest absolute Gasteiger partial charge is 0.357 e. The zero-order chi connectivity index (χ0) is 16.2. The minimum absolute atomic E-state index is 0.217. The topological polar surface area (TPSA) is 30.9 Å². The van der Waals surface area contributed by atoms with E-state index in [0.29, 0.717) is 5.41 Å². The molecule has 0 aromatic heterocycles. The number of guanidine groups is 1. The third-order valence-electron chi connectivity index (χ3n) is 5.14. The molecule has 0 atom stereocenters. The minimum atomic E-state index is 0.217. The van der Waals surface area contributed by atoms with E-state index in [4.69, 9.17) is 4.99 Å². The van der Waals surface area contributed by atoms with E-state index in [1.807, 2.05) is 0 Å². The van der Waals surface area contributed by atoms with Gasteiger partial charge in [-0.05, 0) is 51.1 Å². The van der Waals surface area contributed by atoms with E-state index in [9.17, 15) is 0 Å². The van der Waals surface area contributed by atoms with Crippen molar-refractivity contribution in [2.24, 2.45) is 15.8 Å². The Bertz CT molecular complexity index is 381. The van der Waals surface area contributed by atoms with Crippen molar-refractivity contribution in [3.8, 4) is 0 Å². The van der Waals surface area contributed by atoms with Crippen molar-refractivity contribution in [3.63, 3.8) is 0 Å². The van der Waals surface area contributed by atoms with E-state index in [1.54, 1.807) is 0 Å². The molecule has 2 fully saturated rings. The average molecular weight is 309 g/mol. The first kappa shape index (κ1) is 17.6. The molecular formula is C18H36N4. The Morgan fingerprint density at radius 1 is 1.23 bits per heavy atom. The number of hydrogen-bond donors (Lipinski definition) is 1. The number of nitrogens with one attached hydrogen (secondary N) is 1. The maximum Gasteiger partial charge on any atom is 0.193 e. The predicted molar refractivity (Wildman–Crippen MR) is 95.4 cm³/mol. The molecule has 4 nitrogen and oxygen atoms in total. The summed E-state index contributed by atoms with van der Waals surface area (Å²) in [4.78, 5) is 9.75. The summed E-state index contributed by atoms with van der Waals surface area (Å²) < 4.78 is 0. The van der Waals surface area contributed by atoms with Gasteiger partial charge in [-0.25, -0.2) is 0 Å². The highest BCUT2D eigenvalue weighted by atomic mass is 15.3. The molecule has 1 saturated heterocycles. The summed E-state index contributed by atoms with van der Waals surface area (Å²) in [6.07, 6.45) is 7.07. The van der Waals surface area contributed by atoms with Crippen molar-refractivity contribution in [1.82, 2.24) is 15.1 Å². The predicted octanol–water partition coefficient (Wildman–Crippen LogP) is 2.81. The van der Waals surface area contributed by atoms with Gasteiger partial charge in [-0.2, -0.15) is 0 Å². The van der Waals surface area contributed by atoms with Crippen LogP contribution in [0.1, 0.15) is 52.9 Å².